The molecule has 0 bridgehead atoms. The minimum Gasteiger partial charge on any atom is -0.367 e. The van der Waals surface area contributed by atoms with Gasteiger partial charge < -0.3 is 10.6 Å². The average molecular weight is 283 g/mol. The van der Waals surface area contributed by atoms with Gasteiger partial charge in [0.05, 0.1) is 5.69 Å². The molecule has 1 aliphatic rings. The molecule has 0 saturated carbocycles. The van der Waals surface area contributed by atoms with E-state index in [4.69, 9.17) is 5.73 Å². The Morgan fingerprint density at radius 1 is 1.37 bits per heavy atom. The lowest BCUT2D eigenvalue weighted by Crippen LogP contribution is -2.65. The second-order valence-electron chi connectivity index (χ2n) is 5.38. The van der Waals surface area contributed by atoms with Crippen molar-refractivity contribution < 1.29 is 8.42 Å². The van der Waals surface area contributed by atoms with Gasteiger partial charge in [0, 0.05) is 25.2 Å². The second-order valence-corrected chi connectivity index (χ2v) is 7.11. The van der Waals surface area contributed by atoms with E-state index in [1.807, 2.05) is 30.9 Å². The van der Waals surface area contributed by atoms with Gasteiger partial charge in [-0.3, -0.25) is 0 Å². The van der Waals surface area contributed by atoms with Gasteiger partial charge in [0.1, 0.15) is 4.90 Å². The van der Waals surface area contributed by atoms with Crippen LogP contribution >= 0.6 is 0 Å². The van der Waals surface area contributed by atoms with Crippen molar-refractivity contribution in [1.29, 1.82) is 0 Å². The van der Waals surface area contributed by atoms with Gasteiger partial charge in [-0.2, -0.15) is 0 Å². The van der Waals surface area contributed by atoms with Crippen LogP contribution in [0.4, 0.5) is 5.69 Å². The molecule has 3 N–H and O–H groups in total. The summed E-state index contributed by atoms with van der Waals surface area (Å²) in [4.78, 5) is 2.33. The quantitative estimate of drug-likeness (QED) is 0.842. The van der Waals surface area contributed by atoms with Crippen LogP contribution in [0.15, 0.2) is 29.2 Å². The summed E-state index contributed by atoms with van der Waals surface area (Å²) in [5.74, 6) is 0. The number of nitrogens with one attached hydrogen (secondary N) is 1. The summed E-state index contributed by atoms with van der Waals surface area (Å²) < 4.78 is 27.1. The Kier molecular flexibility index (Phi) is 3.85. The molecule has 0 spiro atoms. The van der Waals surface area contributed by atoms with Crippen LogP contribution in [0.5, 0.6) is 0 Å². The van der Waals surface area contributed by atoms with E-state index in [0.29, 0.717) is 24.5 Å². The predicted molar refractivity (Wildman–Crippen MR) is 76.7 cm³/mol. The van der Waals surface area contributed by atoms with Crippen LogP contribution in [0.3, 0.4) is 0 Å². The van der Waals surface area contributed by atoms with Gasteiger partial charge in [-0.05, 0) is 25.5 Å². The van der Waals surface area contributed by atoms with Crippen molar-refractivity contribution in [2.75, 3.05) is 24.5 Å². The fraction of sp³-hybridized carbons (Fsp3) is 0.538. The molecule has 1 heterocycles. The third-order valence-electron chi connectivity index (χ3n) is 3.14. The van der Waals surface area contributed by atoms with Crippen LogP contribution in [0.2, 0.25) is 0 Å². The molecule has 5 nitrogen and oxygen atoms in total. The van der Waals surface area contributed by atoms with Crippen LogP contribution in [-0.2, 0) is 10.0 Å². The van der Waals surface area contributed by atoms with E-state index >= 15 is 0 Å². The Hall–Kier alpha value is -1.11. The van der Waals surface area contributed by atoms with Crippen LogP contribution in [0.25, 0.3) is 0 Å². The second kappa shape index (κ2) is 5.11. The van der Waals surface area contributed by atoms with E-state index in [9.17, 15) is 8.42 Å². The van der Waals surface area contributed by atoms with Gasteiger partial charge in [-0.1, -0.05) is 19.1 Å². The van der Waals surface area contributed by atoms with E-state index in [2.05, 4.69) is 4.72 Å². The average Bonchev–Trinajstić information content (AvgIpc) is 2.33. The Bertz CT molecular complexity index is 547. The number of rotatable bonds is 5. The summed E-state index contributed by atoms with van der Waals surface area (Å²) in [6.07, 6.45) is 0.770. The molecule has 0 atom stereocenters. The van der Waals surface area contributed by atoms with Gasteiger partial charge in [0.25, 0.3) is 0 Å². The van der Waals surface area contributed by atoms with Crippen LogP contribution < -0.4 is 15.4 Å². The molecule has 1 aromatic carbocycles. The highest BCUT2D eigenvalue weighted by atomic mass is 32.2. The Labute approximate surface area is 114 Å². The van der Waals surface area contributed by atoms with Crippen molar-refractivity contribution in [2.24, 2.45) is 5.73 Å². The maximum absolute atomic E-state index is 12.2. The third kappa shape index (κ3) is 3.08. The summed E-state index contributed by atoms with van der Waals surface area (Å²) in [5.41, 5.74) is 6.48. The molecule has 0 aliphatic carbocycles. The molecule has 2 rings (SSSR count). The zero-order valence-corrected chi connectivity index (χ0v) is 12.2. The first-order valence-electron chi connectivity index (χ1n) is 6.48. The molecule has 1 fully saturated rings. The van der Waals surface area contributed by atoms with Gasteiger partial charge >= 0.3 is 0 Å². The maximum atomic E-state index is 12.2. The fourth-order valence-electron chi connectivity index (χ4n) is 2.26. The molecule has 1 saturated heterocycles. The normalized spacial score (nSPS) is 18.2. The molecule has 1 aliphatic heterocycles. The largest absolute Gasteiger partial charge is 0.367 e. The molecule has 19 heavy (non-hydrogen) atoms. The predicted octanol–water partition coefficient (Wildman–Crippen LogP) is 0.912. The van der Waals surface area contributed by atoms with Crippen molar-refractivity contribution in [3.05, 3.63) is 24.3 Å². The van der Waals surface area contributed by atoms with Gasteiger partial charge in [0.2, 0.25) is 10.0 Å². The lowest BCUT2D eigenvalue weighted by atomic mass is 9.93. The fourth-order valence-corrected chi connectivity index (χ4v) is 3.61. The molecule has 0 amide bonds. The first-order chi connectivity index (χ1) is 8.86. The molecule has 0 aromatic heterocycles. The minimum absolute atomic E-state index is 0.228. The zero-order valence-electron chi connectivity index (χ0n) is 11.4. The maximum Gasteiger partial charge on any atom is 0.242 e. The van der Waals surface area contributed by atoms with E-state index < -0.39 is 10.0 Å². The number of sulfonamides is 1. The van der Waals surface area contributed by atoms with Gasteiger partial charge in [-0.25, -0.2) is 13.1 Å². The highest BCUT2D eigenvalue weighted by Crippen LogP contribution is 2.31. The van der Waals surface area contributed by atoms with E-state index in [1.54, 1.807) is 12.1 Å². The van der Waals surface area contributed by atoms with Crippen LogP contribution in [0, 0.1) is 0 Å². The number of anilines is 1. The first-order valence-corrected chi connectivity index (χ1v) is 7.96. The Morgan fingerprint density at radius 2 is 2.00 bits per heavy atom. The van der Waals surface area contributed by atoms with Crippen molar-refractivity contribution in [3.8, 4) is 0 Å². The molecule has 0 unspecified atom stereocenters. The topological polar surface area (TPSA) is 75.4 Å². The van der Waals surface area contributed by atoms with Crippen LogP contribution in [0.1, 0.15) is 20.3 Å². The summed E-state index contributed by atoms with van der Waals surface area (Å²) in [6.45, 7) is 5.70. The summed E-state index contributed by atoms with van der Waals surface area (Å²) in [5, 5.41) is 0. The van der Waals surface area contributed by atoms with Crippen LogP contribution in [-0.4, -0.2) is 33.6 Å². The van der Waals surface area contributed by atoms with Crippen molar-refractivity contribution in [1.82, 2.24) is 4.72 Å². The number of hydrogen-bond acceptors (Lipinski definition) is 4. The lowest BCUT2D eigenvalue weighted by Gasteiger charge is -2.47. The molecule has 1 aromatic rings. The highest BCUT2D eigenvalue weighted by Gasteiger charge is 2.37. The molecule has 6 heteroatoms. The summed E-state index contributed by atoms with van der Waals surface area (Å²) in [7, 11) is -3.44. The number of para-hydroxylation sites is 1. The molecule has 0 radical (unpaired) electrons. The summed E-state index contributed by atoms with van der Waals surface area (Å²) in [6, 6.07) is 7.06. The first kappa shape index (κ1) is 14.3. The number of nitrogens with two attached hydrogens (primary N) is 1. The standard InChI is InChI=1S/C13H21N3O2S/c1-3-8-15-19(17,18)12-7-5-4-6-11(12)16-9-13(2,14)10-16/h4-7,15H,3,8-10,14H2,1-2H3. The SMILES string of the molecule is CCCNS(=O)(=O)c1ccccc1N1CC(C)(N)C1. The van der Waals surface area contributed by atoms with Crippen molar-refractivity contribution in [3.63, 3.8) is 0 Å². The Morgan fingerprint density at radius 3 is 2.58 bits per heavy atom. The smallest absolute Gasteiger partial charge is 0.242 e. The number of nitrogens with zero attached hydrogens (tertiary/aromatic N) is 1. The Balaban J connectivity index is 2.27. The minimum atomic E-state index is -3.44. The van der Waals surface area contributed by atoms with E-state index in [1.165, 1.54) is 0 Å². The highest BCUT2D eigenvalue weighted by molar-refractivity contribution is 7.89. The van der Waals surface area contributed by atoms with Gasteiger partial charge in [-0.15, -0.1) is 0 Å². The van der Waals surface area contributed by atoms with Crippen molar-refractivity contribution >= 4 is 15.7 Å². The van der Waals surface area contributed by atoms with E-state index in [0.717, 1.165) is 12.1 Å². The third-order valence-corrected chi connectivity index (χ3v) is 4.65. The van der Waals surface area contributed by atoms with Gasteiger partial charge in [0.15, 0.2) is 0 Å². The monoisotopic (exact) mass is 283 g/mol. The van der Waals surface area contributed by atoms with E-state index in [-0.39, 0.29) is 5.54 Å². The number of hydrogen-bond donors (Lipinski definition) is 2. The zero-order chi connectivity index (χ0) is 14.1. The van der Waals surface area contributed by atoms with Crippen molar-refractivity contribution in [2.45, 2.75) is 30.7 Å². The molecular formula is C13H21N3O2S. The lowest BCUT2D eigenvalue weighted by molar-refractivity contribution is 0.363. The molecular weight excluding hydrogens is 262 g/mol. The number of benzene rings is 1. The molecule has 106 valence electrons. The summed E-state index contributed by atoms with van der Waals surface area (Å²) >= 11 is 0.